The first-order valence-electron chi connectivity index (χ1n) is 6.87. The number of rotatable bonds is 4. The Labute approximate surface area is 105 Å². The highest BCUT2D eigenvalue weighted by Crippen LogP contribution is 2.33. The lowest BCUT2D eigenvalue weighted by Crippen LogP contribution is -2.39. The molecular weight excluding hydrogens is 210 g/mol. The van der Waals surface area contributed by atoms with Gasteiger partial charge in [0.15, 0.2) is 0 Å². The first kappa shape index (κ1) is 12.6. The molecule has 1 aliphatic carbocycles. The fourth-order valence-electron chi connectivity index (χ4n) is 3.22. The highest BCUT2D eigenvalue weighted by Gasteiger charge is 2.28. The lowest BCUT2D eigenvalue weighted by molar-refractivity contribution is 0.205. The Morgan fingerprint density at radius 1 is 1.47 bits per heavy atom. The molecule has 3 atom stereocenters. The van der Waals surface area contributed by atoms with Crippen LogP contribution >= 0.6 is 0 Å². The van der Waals surface area contributed by atoms with Crippen molar-refractivity contribution in [2.45, 2.75) is 45.1 Å². The minimum Gasteiger partial charge on any atom is -0.317 e. The summed E-state index contributed by atoms with van der Waals surface area (Å²) in [5.41, 5.74) is 1.38. The molecule has 0 spiro atoms. The number of aryl methyl sites for hydroxylation is 1. The Bertz CT molecular complexity index is 345. The van der Waals surface area contributed by atoms with Crippen LogP contribution in [0.5, 0.6) is 0 Å². The van der Waals surface area contributed by atoms with E-state index < -0.39 is 0 Å². The van der Waals surface area contributed by atoms with E-state index in [1.165, 1.54) is 37.7 Å². The van der Waals surface area contributed by atoms with Gasteiger partial charge in [-0.15, -0.1) is 0 Å². The average molecular weight is 235 g/mol. The third-order valence-corrected chi connectivity index (χ3v) is 4.30. The standard InChI is InChI=1S/C14H25N3/c1-4-11-5-6-14(15-2)13(7-11)8-12-9-16-17(3)10-12/h9-11,13-15H,4-8H2,1-3H3. The van der Waals surface area contributed by atoms with Gasteiger partial charge in [0.25, 0.3) is 0 Å². The quantitative estimate of drug-likeness (QED) is 0.868. The molecule has 1 aromatic rings. The molecule has 0 amide bonds. The molecule has 3 unspecified atom stereocenters. The molecule has 0 saturated heterocycles. The monoisotopic (exact) mass is 235 g/mol. The Morgan fingerprint density at radius 2 is 2.29 bits per heavy atom. The van der Waals surface area contributed by atoms with Crippen molar-refractivity contribution < 1.29 is 0 Å². The van der Waals surface area contributed by atoms with E-state index in [0.29, 0.717) is 6.04 Å². The van der Waals surface area contributed by atoms with E-state index in [1.54, 1.807) is 0 Å². The molecule has 2 rings (SSSR count). The van der Waals surface area contributed by atoms with Crippen molar-refractivity contribution in [1.82, 2.24) is 15.1 Å². The molecule has 0 bridgehead atoms. The molecule has 1 saturated carbocycles. The molecule has 1 aromatic heterocycles. The summed E-state index contributed by atoms with van der Waals surface area (Å²) in [6.45, 7) is 2.32. The summed E-state index contributed by atoms with van der Waals surface area (Å²) >= 11 is 0. The second-order valence-corrected chi connectivity index (χ2v) is 5.47. The Kier molecular flexibility index (Phi) is 4.21. The van der Waals surface area contributed by atoms with Gasteiger partial charge in [-0.1, -0.05) is 13.3 Å². The van der Waals surface area contributed by atoms with Gasteiger partial charge in [-0.05, 0) is 50.1 Å². The fraction of sp³-hybridized carbons (Fsp3) is 0.786. The Balaban J connectivity index is 2.00. The summed E-state index contributed by atoms with van der Waals surface area (Å²) in [6, 6.07) is 0.693. The zero-order valence-corrected chi connectivity index (χ0v) is 11.3. The molecule has 0 aromatic carbocycles. The number of hydrogen-bond donors (Lipinski definition) is 1. The van der Waals surface area contributed by atoms with E-state index >= 15 is 0 Å². The molecule has 1 fully saturated rings. The minimum absolute atomic E-state index is 0.693. The third kappa shape index (κ3) is 3.09. The second-order valence-electron chi connectivity index (χ2n) is 5.47. The summed E-state index contributed by atoms with van der Waals surface area (Å²) in [4.78, 5) is 0. The third-order valence-electron chi connectivity index (χ3n) is 4.30. The Hall–Kier alpha value is -0.830. The smallest absolute Gasteiger partial charge is 0.0521 e. The van der Waals surface area contributed by atoms with Crippen molar-refractivity contribution in [2.75, 3.05) is 7.05 Å². The molecule has 1 aliphatic rings. The number of nitrogens with zero attached hydrogens (tertiary/aromatic N) is 2. The molecule has 17 heavy (non-hydrogen) atoms. The number of aromatic nitrogens is 2. The van der Waals surface area contributed by atoms with Crippen LogP contribution in [0.2, 0.25) is 0 Å². The maximum absolute atomic E-state index is 4.27. The summed E-state index contributed by atoms with van der Waals surface area (Å²) in [6.07, 6.45) is 10.8. The zero-order valence-electron chi connectivity index (χ0n) is 11.3. The van der Waals surface area contributed by atoms with Crippen LogP contribution in [0.3, 0.4) is 0 Å². The van der Waals surface area contributed by atoms with Crippen molar-refractivity contribution in [2.24, 2.45) is 18.9 Å². The predicted octanol–water partition coefficient (Wildman–Crippen LogP) is 2.38. The summed E-state index contributed by atoms with van der Waals surface area (Å²) < 4.78 is 1.91. The van der Waals surface area contributed by atoms with Gasteiger partial charge < -0.3 is 5.32 Å². The van der Waals surface area contributed by atoms with Crippen molar-refractivity contribution >= 4 is 0 Å². The van der Waals surface area contributed by atoms with E-state index in [0.717, 1.165) is 11.8 Å². The van der Waals surface area contributed by atoms with Gasteiger partial charge >= 0.3 is 0 Å². The van der Waals surface area contributed by atoms with Crippen LogP contribution in [0, 0.1) is 11.8 Å². The van der Waals surface area contributed by atoms with E-state index in [-0.39, 0.29) is 0 Å². The van der Waals surface area contributed by atoms with E-state index in [4.69, 9.17) is 0 Å². The van der Waals surface area contributed by atoms with Gasteiger partial charge in [0.05, 0.1) is 6.20 Å². The topological polar surface area (TPSA) is 29.9 Å². The van der Waals surface area contributed by atoms with Crippen LogP contribution in [0.1, 0.15) is 38.2 Å². The highest BCUT2D eigenvalue weighted by molar-refractivity contribution is 5.06. The second kappa shape index (κ2) is 5.67. The average Bonchev–Trinajstić information content (AvgIpc) is 2.74. The van der Waals surface area contributed by atoms with Crippen molar-refractivity contribution in [1.29, 1.82) is 0 Å². The van der Waals surface area contributed by atoms with Crippen LogP contribution in [-0.2, 0) is 13.5 Å². The van der Waals surface area contributed by atoms with E-state index in [1.807, 2.05) is 17.9 Å². The van der Waals surface area contributed by atoms with E-state index in [2.05, 4.69) is 30.6 Å². The molecule has 3 nitrogen and oxygen atoms in total. The zero-order chi connectivity index (χ0) is 12.3. The molecular formula is C14H25N3. The molecule has 3 heteroatoms. The minimum atomic E-state index is 0.693. The number of nitrogens with one attached hydrogen (secondary N) is 1. The molecule has 96 valence electrons. The van der Waals surface area contributed by atoms with Crippen LogP contribution in [0.15, 0.2) is 12.4 Å². The van der Waals surface area contributed by atoms with Gasteiger partial charge in [0, 0.05) is 19.3 Å². The number of hydrogen-bond acceptors (Lipinski definition) is 2. The van der Waals surface area contributed by atoms with Crippen LogP contribution in [0.25, 0.3) is 0 Å². The Morgan fingerprint density at radius 3 is 2.88 bits per heavy atom. The summed E-state index contributed by atoms with van der Waals surface area (Å²) in [5.74, 6) is 1.71. The van der Waals surface area contributed by atoms with Gasteiger partial charge in [0.1, 0.15) is 0 Å². The predicted molar refractivity (Wildman–Crippen MR) is 70.9 cm³/mol. The lowest BCUT2D eigenvalue weighted by atomic mass is 9.75. The van der Waals surface area contributed by atoms with Crippen LogP contribution in [0.4, 0.5) is 0 Å². The van der Waals surface area contributed by atoms with Crippen molar-refractivity contribution in [3.05, 3.63) is 18.0 Å². The van der Waals surface area contributed by atoms with Crippen molar-refractivity contribution in [3.8, 4) is 0 Å². The fourth-order valence-corrected chi connectivity index (χ4v) is 3.22. The largest absolute Gasteiger partial charge is 0.317 e. The van der Waals surface area contributed by atoms with Crippen LogP contribution in [-0.4, -0.2) is 22.9 Å². The maximum Gasteiger partial charge on any atom is 0.0521 e. The van der Waals surface area contributed by atoms with Crippen LogP contribution < -0.4 is 5.32 Å². The van der Waals surface area contributed by atoms with E-state index in [9.17, 15) is 0 Å². The summed E-state index contributed by atoms with van der Waals surface area (Å²) in [5, 5.41) is 7.77. The first-order chi connectivity index (χ1) is 8.22. The normalized spacial score (nSPS) is 29.5. The molecule has 0 radical (unpaired) electrons. The van der Waals surface area contributed by atoms with Gasteiger partial charge in [-0.2, -0.15) is 5.10 Å². The maximum atomic E-state index is 4.27. The van der Waals surface area contributed by atoms with Crippen molar-refractivity contribution in [3.63, 3.8) is 0 Å². The van der Waals surface area contributed by atoms with Gasteiger partial charge in [-0.3, -0.25) is 4.68 Å². The SMILES string of the molecule is CCC1CCC(NC)C(Cc2cnn(C)c2)C1. The summed E-state index contributed by atoms with van der Waals surface area (Å²) in [7, 11) is 4.10. The molecule has 1 heterocycles. The first-order valence-corrected chi connectivity index (χ1v) is 6.87. The van der Waals surface area contributed by atoms with Gasteiger partial charge in [0.2, 0.25) is 0 Å². The molecule has 1 N–H and O–H groups in total. The molecule has 0 aliphatic heterocycles. The highest BCUT2D eigenvalue weighted by atomic mass is 15.2. The van der Waals surface area contributed by atoms with Gasteiger partial charge in [-0.25, -0.2) is 0 Å². The lowest BCUT2D eigenvalue weighted by Gasteiger charge is -2.35.